The van der Waals surface area contributed by atoms with Crippen molar-refractivity contribution in [3.05, 3.63) is 52.7 Å². The Balaban J connectivity index is 1.87. The van der Waals surface area contributed by atoms with E-state index < -0.39 is 0 Å². The lowest BCUT2D eigenvalue weighted by Crippen LogP contribution is -2.07. The molecule has 0 unspecified atom stereocenters. The zero-order valence-corrected chi connectivity index (χ0v) is 12.1. The summed E-state index contributed by atoms with van der Waals surface area (Å²) in [5.74, 6) is 0.889. The molecule has 3 rings (SSSR count). The maximum absolute atomic E-state index is 5.76. The first-order valence-corrected chi connectivity index (χ1v) is 7.37. The number of fused-ring (bicyclic) bond motifs is 1. The zero-order chi connectivity index (χ0) is 13.9. The van der Waals surface area contributed by atoms with E-state index in [2.05, 4.69) is 39.7 Å². The van der Waals surface area contributed by atoms with Crippen molar-refractivity contribution in [3.63, 3.8) is 0 Å². The van der Waals surface area contributed by atoms with Gasteiger partial charge in [-0.05, 0) is 29.0 Å². The third-order valence-corrected chi connectivity index (χ3v) is 4.41. The van der Waals surface area contributed by atoms with Crippen LogP contribution in [0.3, 0.4) is 0 Å². The Morgan fingerprint density at radius 1 is 1.20 bits per heavy atom. The predicted octanol–water partition coefficient (Wildman–Crippen LogP) is 3.07. The summed E-state index contributed by atoms with van der Waals surface area (Å²) < 4.78 is 1.11. The lowest BCUT2D eigenvalue weighted by atomic mass is 10.1. The second kappa shape index (κ2) is 5.56. The normalized spacial score (nSPS) is 10.9. The summed E-state index contributed by atoms with van der Waals surface area (Å²) in [5.41, 5.74) is 10.3. The van der Waals surface area contributed by atoms with Gasteiger partial charge in [-0.3, -0.25) is 0 Å². The summed E-state index contributed by atoms with van der Waals surface area (Å²) in [4.78, 5) is 8.68. The summed E-state index contributed by atoms with van der Waals surface area (Å²) in [7, 11) is 0. The lowest BCUT2D eigenvalue weighted by molar-refractivity contribution is 1.00. The SMILES string of the molecule is Cc1csc2c(NCc3ccccc3CN)ncnc12. The van der Waals surface area contributed by atoms with Gasteiger partial charge in [0.15, 0.2) is 0 Å². The van der Waals surface area contributed by atoms with Gasteiger partial charge in [-0.1, -0.05) is 24.3 Å². The Bertz CT molecular complexity index is 736. The molecular weight excluding hydrogens is 268 g/mol. The Labute approximate surface area is 121 Å². The van der Waals surface area contributed by atoms with Crippen molar-refractivity contribution >= 4 is 27.4 Å². The van der Waals surface area contributed by atoms with Crippen LogP contribution in [0.5, 0.6) is 0 Å². The summed E-state index contributed by atoms with van der Waals surface area (Å²) in [6, 6.07) is 8.19. The molecule has 0 atom stereocenters. The fraction of sp³-hybridized carbons (Fsp3) is 0.200. The molecule has 4 nitrogen and oxygen atoms in total. The van der Waals surface area contributed by atoms with Crippen molar-refractivity contribution in [2.75, 3.05) is 5.32 Å². The maximum Gasteiger partial charge on any atom is 0.147 e. The largest absolute Gasteiger partial charge is 0.365 e. The number of rotatable bonds is 4. The van der Waals surface area contributed by atoms with Crippen LogP contribution in [0.4, 0.5) is 5.82 Å². The molecule has 5 heteroatoms. The molecule has 0 saturated carbocycles. The van der Waals surface area contributed by atoms with Gasteiger partial charge in [0.25, 0.3) is 0 Å². The smallest absolute Gasteiger partial charge is 0.147 e. The summed E-state index contributed by atoms with van der Waals surface area (Å²) >= 11 is 1.67. The van der Waals surface area contributed by atoms with Crippen molar-refractivity contribution in [1.29, 1.82) is 0 Å². The van der Waals surface area contributed by atoms with Crippen LogP contribution in [-0.4, -0.2) is 9.97 Å². The molecule has 0 saturated heterocycles. The molecule has 20 heavy (non-hydrogen) atoms. The lowest BCUT2D eigenvalue weighted by Gasteiger charge is -2.10. The molecule has 0 amide bonds. The van der Waals surface area contributed by atoms with Crippen LogP contribution in [-0.2, 0) is 13.1 Å². The molecule has 0 spiro atoms. The van der Waals surface area contributed by atoms with Crippen LogP contribution in [0.25, 0.3) is 10.2 Å². The number of anilines is 1. The number of benzene rings is 1. The molecular formula is C15H16N4S. The van der Waals surface area contributed by atoms with Gasteiger partial charge in [0.05, 0.1) is 10.2 Å². The molecule has 0 bridgehead atoms. The number of hydrogen-bond acceptors (Lipinski definition) is 5. The third kappa shape index (κ3) is 2.37. The first-order chi connectivity index (χ1) is 9.79. The summed E-state index contributed by atoms with van der Waals surface area (Å²) in [6.07, 6.45) is 1.61. The van der Waals surface area contributed by atoms with Crippen LogP contribution in [0.2, 0.25) is 0 Å². The number of hydrogen-bond donors (Lipinski definition) is 2. The fourth-order valence-electron chi connectivity index (χ4n) is 2.20. The molecule has 0 aliphatic heterocycles. The molecule has 3 aromatic rings. The number of nitrogens with one attached hydrogen (secondary N) is 1. The molecule has 2 heterocycles. The van der Waals surface area contributed by atoms with E-state index in [0.29, 0.717) is 6.54 Å². The molecule has 0 aliphatic rings. The van der Waals surface area contributed by atoms with Gasteiger partial charge in [-0.25, -0.2) is 9.97 Å². The topological polar surface area (TPSA) is 63.8 Å². The van der Waals surface area contributed by atoms with E-state index in [1.54, 1.807) is 17.7 Å². The van der Waals surface area contributed by atoms with Crippen LogP contribution < -0.4 is 11.1 Å². The zero-order valence-electron chi connectivity index (χ0n) is 11.3. The van der Waals surface area contributed by atoms with Crippen LogP contribution in [0.15, 0.2) is 36.0 Å². The second-order valence-corrected chi connectivity index (χ2v) is 5.52. The van der Waals surface area contributed by atoms with Gasteiger partial charge >= 0.3 is 0 Å². The Morgan fingerprint density at radius 2 is 2.00 bits per heavy atom. The summed E-state index contributed by atoms with van der Waals surface area (Å²) in [5, 5.41) is 5.51. The van der Waals surface area contributed by atoms with Gasteiger partial charge < -0.3 is 11.1 Å². The van der Waals surface area contributed by atoms with E-state index in [-0.39, 0.29) is 0 Å². The van der Waals surface area contributed by atoms with Crippen LogP contribution in [0.1, 0.15) is 16.7 Å². The van der Waals surface area contributed by atoms with Gasteiger partial charge in [-0.2, -0.15) is 0 Å². The highest BCUT2D eigenvalue weighted by Crippen LogP contribution is 2.28. The highest BCUT2D eigenvalue weighted by Gasteiger charge is 2.08. The van der Waals surface area contributed by atoms with Crippen molar-refractivity contribution in [2.45, 2.75) is 20.0 Å². The minimum atomic E-state index is 0.551. The van der Waals surface area contributed by atoms with E-state index in [0.717, 1.165) is 28.1 Å². The maximum atomic E-state index is 5.76. The quantitative estimate of drug-likeness (QED) is 0.773. The molecule has 0 fully saturated rings. The minimum absolute atomic E-state index is 0.551. The van der Waals surface area contributed by atoms with Gasteiger partial charge in [0.1, 0.15) is 12.1 Å². The standard InChI is InChI=1S/C15H16N4S/c1-10-8-20-14-13(10)18-9-19-15(14)17-7-12-5-3-2-4-11(12)6-16/h2-5,8-9H,6-7,16H2,1H3,(H,17,18,19). The second-order valence-electron chi connectivity index (χ2n) is 4.65. The summed E-state index contributed by atoms with van der Waals surface area (Å²) in [6.45, 7) is 3.34. The molecule has 1 aromatic carbocycles. The monoisotopic (exact) mass is 284 g/mol. The van der Waals surface area contributed by atoms with Crippen LogP contribution >= 0.6 is 11.3 Å². The van der Waals surface area contributed by atoms with E-state index in [1.165, 1.54) is 11.1 Å². The van der Waals surface area contributed by atoms with Gasteiger partial charge in [0.2, 0.25) is 0 Å². The predicted molar refractivity (Wildman–Crippen MR) is 83.8 cm³/mol. The number of thiophene rings is 1. The average molecular weight is 284 g/mol. The molecule has 2 aromatic heterocycles. The van der Waals surface area contributed by atoms with E-state index in [1.807, 2.05) is 12.1 Å². The van der Waals surface area contributed by atoms with Crippen molar-refractivity contribution < 1.29 is 0 Å². The van der Waals surface area contributed by atoms with E-state index in [4.69, 9.17) is 5.73 Å². The van der Waals surface area contributed by atoms with Crippen molar-refractivity contribution in [2.24, 2.45) is 5.73 Å². The number of nitrogens with two attached hydrogens (primary N) is 1. The van der Waals surface area contributed by atoms with Gasteiger partial charge in [-0.15, -0.1) is 11.3 Å². The Hall–Kier alpha value is -1.98. The molecule has 0 radical (unpaired) electrons. The number of nitrogens with zero attached hydrogens (tertiary/aromatic N) is 2. The highest BCUT2D eigenvalue weighted by molar-refractivity contribution is 7.18. The van der Waals surface area contributed by atoms with Gasteiger partial charge in [0, 0.05) is 13.1 Å². The highest BCUT2D eigenvalue weighted by atomic mass is 32.1. The molecule has 0 aliphatic carbocycles. The molecule has 3 N–H and O–H groups in total. The van der Waals surface area contributed by atoms with Crippen molar-refractivity contribution in [1.82, 2.24) is 9.97 Å². The van der Waals surface area contributed by atoms with E-state index in [9.17, 15) is 0 Å². The number of aromatic nitrogens is 2. The van der Waals surface area contributed by atoms with Crippen molar-refractivity contribution in [3.8, 4) is 0 Å². The fourth-order valence-corrected chi connectivity index (χ4v) is 3.17. The van der Waals surface area contributed by atoms with Crippen LogP contribution in [0, 0.1) is 6.92 Å². The average Bonchev–Trinajstić information content (AvgIpc) is 2.88. The third-order valence-electron chi connectivity index (χ3n) is 3.32. The first-order valence-electron chi connectivity index (χ1n) is 6.49. The van der Waals surface area contributed by atoms with E-state index >= 15 is 0 Å². The Morgan fingerprint density at radius 3 is 2.80 bits per heavy atom. The Kier molecular flexibility index (Phi) is 3.62. The molecule has 102 valence electrons. The first kappa shape index (κ1) is 13.0. The minimum Gasteiger partial charge on any atom is -0.365 e. The number of aryl methyl sites for hydroxylation is 1.